The van der Waals surface area contributed by atoms with Crippen LogP contribution in [0.15, 0.2) is 230 Å². The van der Waals surface area contributed by atoms with E-state index in [1.807, 2.05) is 121 Å². The molecule has 0 radical (unpaired) electrons. The first-order chi connectivity index (χ1) is 30.4. The van der Waals surface area contributed by atoms with Crippen LogP contribution in [0.4, 0.5) is 45.5 Å². The topological polar surface area (TPSA) is 47.1 Å². The van der Waals surface area contributed by atoms with Crippen molar-refractivity contribution >= 4 is 68.7 Å². The summed E-state index contributed by atoms with van der Waals surface area (Å²) in [6.45, 7) is 4.17. The summed E-state index contributed by atoms with van der Waals surface area (Å²) in [5.41, 5.74) is 13.1. The summed E-state index contributed by atoms with van der Waals surface area (Å²) in [7, 11) is 0. The number of benzene rings is 8. The molecule has 0 atom stereocenters. The van der Waals surface area contributed by atoms with Crippen LogP contribution in [0.2, 0.25) is 0 Å². The van der Waals surface area contributed by atoms with Gasteiger partial charge in [0, 0.05) is 45.5 Å². The standard InChI is InChI=1S/C56H42N4O2/c1-39-23-31-47(32-24-39)57(43-15-7-3-8-16-43)49-35-27-41(28-36-49)53-51-52(56(62)59(53)45-19-11-5-12-20-45)54(60(55(51)61)46-21-13-6-14-22-46)42-29-37-50(38-30-42)58(44-17-9-4-10-18-44)48-33-25-40(2)26-34-48/h3-38H,1-2H3. The number of anilines is 8. The molecule has 298 valence electrons. The molecule has 2 amide bonds. The molecular formula is C56H42N4O2. The maximum atomic E-state index is 15.3. The molecule has 8 aromatic rings. The monoisotopic (exact) mass is 802 g/mol. The Morgan fingerprint density at radius 1 is 0.306 bits per heavy atom. The van der Waals surface area contributed by atoms with Gasteiger partial charge >= 0.3 is 0 Å². The lowest BCUT2D eigenvalue weighted by atomic mass is 10.0. The number of hydrogen-bond acceptors (Lipinski definition) is 4. The predicted octanol–water partition coefficient (Wildman–Crippen LogP) is 13.5. The van der Waals surface area contributed by atoms with Gasteiger partial charge in [0.25, 0.3) is 11.8 Å². The zero-order valence-corrected chi connectivity index (χ0v) is 34.4. The smallest absolute Gasteiger partial charge is 0.265 e. The third-order valence-electron chi connectivity index (χ3n) is 11.4. The predicted molar refractivity (Wildman–Crippen MR) is 253 cm³/mol. The first-order valence-corrected chi connectivity index (χ1v) is 20.8. The highest BCUT2D eigenvalue weighted by Gasteiger charge is 2.50. The van der Waals surface area contributed by atoms with E-state index in [4.69, 9.17) is 0 Å². The summed E-state index contributed by atoms with van der Waals surface area (Å²) in [4.78, 5) is 38.3. The molecule has 0 fully saturated rings. The van der Waals surface area contributed by atoms with Crippen molar-refractivity contribution in [2.24, 2.45) is 0 Å². The van der Waals surface area contributed by atoms with E-state index in [-0.39, 0.29) is 11.8 Å². The number of rotatable bonds is 10. The highest BCUT2D eigenvalue weighted by molar-refractivity contribution is 6.41. The molecule has 62 heavy (non-hydrogen) atoms. The minimum Gasteiger partial charge on any atom is -0.311 e. The molecule has 0 N–H and O–H groups in total. The number of hydrogen-bond donors (Lipinski definition) is 0. The molecular weight excluding hydrogens is 761 g/mol. The van der Waals surface area contributed by atoms with Crippen molar-refractivity contribution in [3.63, 3.8) is 0 Å². The Morgan fingerprint density at radius 2 is 0.565 bits per heavy atom. The average Bonchev–Trinajstić information content (AvgIpc) is 3.80. The lowest BCUT2D eigenvalue weighted by molar-refractivity contribution is -0.115. The second-order valence-electron chi connectivity index (χ2n) is 15.5. The molecule has 2 aliphatic rings. The quantitative estimate of drug-likeness (QED) is 0.138. The van der Waals surface area contributed by atoms with E-state index in [0.29, 0.717) is 33.9 Å². The van der Waals surface area contributed by atoms with Crippen LogP contribution in [0.1, 0.15) is 22.3 Å². The maximum absolute atomic E-state index is 15.3. The van der Waals surface area contributed by atoms with Crippen LogP contribution < -0.4 is 19.6 Å². The van der Waals surface area contributed by atoms with Crippen molar-refractivity contribution in [3.8, 4) is 0 Å². The normalized spacial score (nSPS) is 13.5. The number of amides is 2. The molecule has 0 saturated heterocycles. The highest BCUT2D eigenvalue weighted by Crippen LogP contribution is 2.50. The summed E-state index contributed by atoms with van der Waals surface area (Å²) in [6, 6.07) is 73.0. The van der Waals surface area contributed by atoms with Crippen LogP contribution >= 0.6 is 0 Å². The SMILES string of the molecule is Cc1ccc(N(c2ccccc2)c2ccc(C3=C4C(=O)N(c5ccccc5)C(c5ccc(N(c6ccccc6)c6ccc(C)cc6)cc5)=C4C(=O)N3c3ccccc3)cc2)cc1. The van der Waals surface area contributed by atoms with E-state index in [2.05, 4.69) is 121 Å². The van der Waals surface area contributed by atoms with E-state index < -0.39 is 0 Å². The molecule has 0 saturated carbocycles. The Hall–Kier alpha value is -8.22. The lowest BCUT2D eigenvalue weighted by Gasteiger charge is -2.28. The lowest BCUT2D eigenvalue weighted by Crippen LogP contribution is -2.29. The zero-order valence-electron chi connectivity index (χ0n) is 34.4. The van der Waals surface area contributed by atoms with Gasteiger partial charge in [0.1, 0.15) is 0 Å². The van der Waals surface area contributed by atoms with E-state index in [0.717, 1.165) is 45.3 Å². The fourth-order valence-electron chi connectivity index (χ4n) is 8.47. The summed E-state index contributed by atoms with van der Waals surface area (Å²) < 4.78 is 0. The summed E-state index contributed by atoms with van der Waals surface area (Å²) >= 11 is 0. The number of nitrogens with zero attached hydrogens (tertiary/aromatic N) is 4. The fraction of sp³-hybridized carbons (Fsp3) is 0.0357. The summed E-state index contributed by atoms with van der Waals surface area (Å²) in [5.74, 6) is -0.514. The van der Waals surface area contributed by atoms with Crippen molar-refractivity contribution in [3.05, 3.63) is 252 Å². The largest absolute Gasteiger partial charge is 0.311 e. The minimum absolute atomic E-state index is 0.257. The molecule has 2 heterocycles. The van der Waals surface area contributed by atoms with Gasteiger partial charge in [0.05, 0.1) is 22.5 Å². The van der Waals surface area contributed by atoms with Gasteiger partial charge in [-0.1, -0.05) is 132 Å². The summed E-state index contributed by atoms with van der Waals surface area (Å²) in [5, 5.41) is 0. The van der Waals surface area contributed by atoms with Crippen molar-refractivity contribution < 1.29 is 9.59 Å². The zero-order chi connectivity index (χ0) is 42.2. The molecule has 6 nitrogen and oxygen atoms in total. The van der Waals surface area contributed by atoms with Crippen LogP contribution in [-0.2, 0) is 9.59 Å². The third-order valence-corrected chi connectivity index (χ3v) is 11.4. The van der Waals surface area contributed by atoms with E-state index in [1.165, 1.54) is 11.1 Å². The van der Waals surface area contributed by atoms with Gasteiger partial charge in [0.2, 0.25) is 0 Å². The maximum Gasteiger partial charge on any atom is 0.265 e. The van der Waals surface area contributed by atoms with Crippen molar-refractivity contribution in [1.82, 2.24) is 0 Å². The Kier molecular flexibility index (Phi) is 9.87. The molecule has 10 rings (SSSR count). The van der Waals surface area contributed by atoms with Crippen LogP contribution in [0, 0.1) is 13.8 Å². The second kappa shape index (κ2) is 16.1. The van der Waals surface area contributed by atoms with Crippen LogP contribution in [-0.4, -0.2) is 11.8 Å². The number of fused-ring (bicyclic) bond motifs is 1. The van der Waals surface area contributed by atoms with Gasteiger partial charge in [-0.05, 0) is 122 Å². The molecule has 8 aromatic carbocycles. The van der Waals surface area contributed by atoms with Gasteiger partial charge in [-0.25, -0.2) is 0 Å². The third kappa shape index (κ3) is 6.83. The Morgan fingerprint density at radius 3 is 0.871 bits per heavy atom. The molecule has 6 heteroatoms. The molecule has 2 aliphatic heterocycles. The van der Waals surface area contributed by atoms with Crippen molar-refractivity contribution in [2.45, 2.75) is 13.8 Å². The van der Waals surface area contributed by atoms with Crippen molar-refractivity contribution in [1.29, 1.82) is 0 Å². The van der Waals surface area contributed by atoms with Gasteiger partial charge < -0.3 is 9.80 Å². The molecule has 0 spiro atoms. The molecule has 0 unspecified atom stereocenters. The highest BCUT2D eigenvalue weighted by atomic mass is 16.2. The number of carbonyl (C=O) groups excluding carboxylic acids is 2. The minimum atomic E-state index is -0.257. The number of aryl methyl sites for hydroxylation is 2. The van der Waals surface area contributed by atoms with Crippen LogP contribution in [0.25, 0.3) is 11.4 Å². The van der Waals surface area contributed by atoms with Crippen LogP contribution in [0.5, 0.6) is 0 Å². The molecule has 0 aliphatic carbocycles. The van der Waals surface area contributed by atoms with Gasteiger partial charge in [-0.3, -0.25) is 19.4 Å². The molecule has 0 bridgehead atoms. The van der Waals surface area contributed by atoms with E-state index in [9.17, 15) is 0 Å². The Balaban J connectivity index is 1.14. The average molecular weight is 803 g/mol. The number of para-hydroxylation sites is 4. The van der Waals surface area contributed by atoms with Gasteiger partial charge in [-0.2, -0.15) is 0 Å². The van der Waals surface area contributed by atoms with Gasteiger partial charge in [0.15, 0.2) is 0 Å². The fourth-order valence-corrected chi connectivity index (χ4v) is 8.47. The summed E-state index contributed by atoms with van der Waals surface area (Å²) in [6.07, 6.45) is 0. The van der Waals surface area contributed by atoms with Gasteiger partial charge in [-0.15, -0.1) is 0 Å². The molecule has 0 aromatic heterocycles. The first-order valence-electron chi connectivity index (χ1n) is 20.8. The number of carbonyl (C=O) groups is 2. The first kappa shape index (κ1) is 38.0. The Bertz CT molecular complexity index is 2760. The Labute approximate surface area is 362 Å². The van der Waals surface area contributed by atoms with Crippen LogP contribution in [0.3, 0.4) is 0 Å². The van der Waals surface area contributed by atoms with E-state index in [1.54, 1.807) is 9.80 Å². The second-order valence-corrected chi connectivity index (χ2v) is 15.5. The van der Waals surface area contributed by atoms with Crippen molar-refractivity contribution in [2.75, 3.05) is 19.6 Å². The van der Waals surface area contributed by atoms with E-state index >= 15 is 9.59 Å².